The van der Waals surface area contributed by atoms with Gasteiger partial charge >= 0.3 is 5.69 Å². The second kappa shape index (κ2) is 5.03. The number of H-pyrrole nitrogens is 1. The van der Waals surface area contributed by atoms with Gasteiger partial charge in [0.2, 0.25) is 0 Å². The summed E-state index contributed by atoms with van der Waals surface area (Å²) in [7, 11) is 0. The first-order valence-corrected chi connectivity index (χ1v) is 5.97. The number of nitrogens with zero attached hydrogens (tertiary/aromatic N) is 3. The molecule has 0 spiro atoms. The molecule has 0 amide bonds. The maximum atomic E-state index is 11.7. The van der Waals surface area contributed by atoms with Gasteiger partial charge in [0.05, 0.1) is 18.6 Å². The van der Waals surface area contributed by atoms with Crippen LogP contribution in [0.15, 0.2) is 28.3 Å². The van der Waals surface area contributed by atoms with Crippen molar-refractivity contribution >= 4 is 0 Å². The van der Waals surface area contributed by atoms with Crippen molar-refractivity contribution in [3.05, 3.63) is 50.8 Å². The molecule has 0 atom stereocenters. The van der Waals surface area contributed by atoms with Crippen molar-refractivity contribution in [1.29, 1.82) is 0 Å². The molecule has 96 valence electrons. The largest absolute Gasteiger partial charge is 0.333 e. The molecule has 0 bridgehead atoms. The Morgan fingerprint density at radius 3 is 2.72 bits per heavy atom. The van der Waals surface area contributed by atoms with Crippen LogP contribution in [0, 0.1) is 0 Å². The van der Waals surface area contributed by atoms with E-state index in [0.717, 1.165) is 12.2 Å². The maximum absolute atomic E-state index is 11.7. The molecular formula is C12H16N4O2. The summed E-state index contributed by atoms with van der Waals surface area (Å²) >= 11 is 0. The van der Waals surface area contributed by atoms with Crippen LogP contribution in [0.4, 0.5) is 0 Å². The van der Waals surface area contributed by atoms with Gasteiger partial charge in [-0.15, -0.1) is 0 Å². The number of aromatic nitrogens is 4. The Bertz CT molecular complexity index is 651. The molecule has 2 aromatic rings. The van der Waals surface area contributed by atoms with Crippen molar-refractivity contribution < 1.29 is 0 Å². The minimum atomic E-state index is -0.388. The molecule has 0 aliphatic carbocycles. The molecule has 0 aliphatic heterocycles. The highest BCUT2D eigenvalue weighted by molar-refractivity contribution is 5.06. The fraction of sp³-hybridized carbons (Fsp3) is 0.417. The SMILES string of the molecule is CCc1cn(Cc2cncn2CC)c(=O)[nH]c1=O. The van der Waals surface area contributed by atoms with Gasteiger partial charge < -0.3 is 4.57 Å². The molecule has 2 aromatic heterocycles. The van der Waals surface area contributed by atoms with Crippen molar-refractivity contribution in [1.82, 2.24) is 19.1 Å². The highest BCUT2D eigenvalue weighted by Gasteiger charge is 2.06. The second-order valence-electron chi connectivity index (χ2n) is 4.07. The third kappa shape index (κ3) is 2.27. The van der Waals surface area contributed by atoms with Gasteiger partial charge in [0.25, 0.3) is 5.56 Å². The van der Waals surface area contributed by atoms with Gasteiger partial charge in [-0.3, -0.25) is 14.3 Å². The van der Waals surface area contributed by atoms with E-state index in [4.69, 9.17) is 0 Å². The van der Waals surface area contributed by atoms with Gasteiger partial charge in [-0.2, -0.15) is 0 Å². The number of hydrogen-bond acceptors (Lipinski definition) is 3. The van der Waals surface area contributed by atoms with E-state index in [9.17, 15) is 9.59 Å². The van der Waals surface area contributed by atoms with E-state index in [1.165, 1.54) is 4.57 Å². The Balaban J connectivity index is 2.40. The normalized spacial score (nSPS) is 10.8. The van der Waals surface area contributed by atoms with Crippen LogP contribution in [0.3, 0.4) is 0 Å². The predicted molar refractivity (Wildman–Crippen MR) is 67.7 cm³/mol. The molecule has 6 nitrogen and oxygen atoms in total. The van der Waals surface area contributed by atoms with Crippen molar-refractivity contribution in [2.75, 3.05) is 0 Å². The standard InChI is InChI=1S/C12H16N4O2/c1-3-9-6-16(12(18)14-11(9)17)7-10-5-13-8-15(10)4-2/h5-6,8H,3-4,7H2,1-2H3,(H,14,17,18). The third-order valence-corrected chi connectivity index (χ3v) is 2.94. The molecule has 0 aromatic carbocycles. The molecular weight excluding hydrogens is 232 g/mol. The quantitative estimate of drug-likeness (QED) is 0.849. The lowest BCUT2D eigenvalue weighted by Gasteiger charge is -2.08. The van der Waals surface area contributed by atoms with Gasteiger partial charge in [-0.05, 0) is 13.3 Å². The summed E-state index contributed by atoms with van der Waals surface area (Å²) in [5.74, 6) is 0. The average molecular weight is 248 g/mol. The lowest BCUT2D eigenvalue weighted by Crippen LogP contribution is -2.32. The lowest BCUT2D eigenvalue weighted by molar-refractivity contribution is 0.638. The van der Waals surface area contributed by atoms with E-state index in [-0.39, 0.29) is 11.2 Å². The molecule has 0 aliphatic rings. The highest BCUT2D eigenvalue weighted by atomic mass is 16.2. The van der Waals surface area contributed by atoms with Gasteiger partial charge in [-0.1, -0.05) is 6.92 Å². The summed E-state index contributed by atoms with van der Waals surface area (Å²) in [5.41, 5.74) is 0.856. The highest BCUT2D eigenvalue weighted by Crippen LogP contribution is 2.01. The predicted octanol–water partition coefficient (Wildman–Crippen LogP) is 0.364. The topological polar surface area (TPSA) is 72.7 Å². The smallest absolute Gasteiger partial charge is 0.328 e. The first kappa shape index (κ1) is 12.3. The van der Waals surface area contributed by atoms with Crippen LogP contribution in [0.2, 0.25) is 0 Å². The number of rotatable bonds is 4. The monoisotopic (exact) mass is 248 g/mol. The molecule has 0 saturated heterocycles. The Hall–Kier alpha value is -2.11. The molecule has 1 N–H and O–H groups in total. The number of imidazole rings is 1. The first-order valence-electron chi connectivity index (χ1n) is 5.97. The molecule has 0 fully saturated rings. The minimum Gasteiger partial charge on any atom is -0.333 e. The molecule has 0 saturated carbocycles. The zero-order valence-electron chi connectivity index (χ0n) is 10.5. The summed E-state index contributed by atoms with van der Waals surface area (Å²) in [6.07, 6.45) is 5.68. The van der Waals surface area contributed by atoms with Crippen molar-refractivity contribution in [3.63, 3.8) is 0 Å². The zero-order valence-corrected chi connectivity index (χ0v) is 10.5. The van der Waals surface area contributed by atoms with E-state index in [1.54, 1.807) is 18.7 Å². The molecule has 2 heterocycles. The van der Waals surface area contributed by atoms with Gasteiger partial charge in [0, 0.05) is 24.5 Å². The van der Waals surface area contributed by atoms with Crippen LogP contribution < -0.4 is 11.2 Å². The molecule has 2 rings (SSSR count). The maximum Gasteiger partial charge on any atom is 0.328 e. The van der Waals surface area contributed by atoms with Crippen molar-refractivity contribution in [2.24, 2.45) is 0 Å². The molecule has 0 radical (unpaired) electrons. The van der Waals surface area contributed by atoms with Crippen LogP contribution in [-0.4, -0.2) is 19.1 Å². The van der Waals surface area contributed by atoms with Crippen LogP contribution >= 0.6 is 0 Å². The number of nitrogens with one attached hydrogen (secondary N) is 1. The number of aryl methyl sites for hydroxylation is 2. The summed E-state index contributed by atoms with van der Waals surface area (Å²) in [4.78, 5) is 29.6. The van der Waals surface area contributed by atoms with Gasteiger partial charge in [-0.25, -0.2) is 9.78 Å². The fourth-order valence-corrected chi connectivity index (χ4v) is 1.86. The number of aromatic amines is 1. The second-order valence-corrected chi connectivity index (χ2v) is 4.07. The van der Waals surface area contributed by atoms with Gasteiger partial charge in [0.15, 0.2) is 0 Å². The van der Waals surface area contributed by atoms with E-state index in [2.05, 4.69) is 9.97 Å². The van der Waals surface area contributed by atoms with Crippen LogP contribution in [0.5, 0.6) is 0 Å². The van der Waals surface area contributed by atoms with Crippen molar-refractivity contribution in [3.8, 4) is 0 Å². The summed E-state index contributed by atoms with van der Waals surface area (Å²) < 4.78 is 3.46. The Morgan fingerprint density at radius 1 is 1.28 bits per heavy atom. The minimum absolute atomic E-state index is 0.303. The van der Waals surface area contributed by atoms with Gasteiger partial charge in [0.1, 0.15) is 0 Å². The average Bonchev–Trinajstić information content (AvgIpc) is 2.79. The van der Waals surface area contributed by atoms with Crippen molar-refractivity contribution in [2.45, 2.75) is 33.4 Å². The van der Waals surface area contributed by atoms with Crippen LogP contribution in [-0.2, 0) is 19.5 Å². The third-order valence-electron chi connectivity index (χ3n) is 2.94. The number of hydrogen-bond donors (Lipinski definition) is 1. The summed E-state index contributed by atoms with van der Waals surface area (Å²) in [5, 5.41) is 0. The first-order chi connectivity index (χ1) is 8.65. The zero-order chi connectivity index (χ0) is 13.1. The van der Waals surface area contributed by atoms with E-state index in [0.29, 0.717) is 18.5 Å². The Kier molecular flexibility index (Phi) is 3.45. The molecule has 6 heteroatoms. The summed E-state index contributed by atoms with van der Waals surface area (Å²) in [6.45, 7) is 5.11. The Labute approximate surface area is 104 Å². The van der Waals surface area contributed by atoms with E-state index in [1.807, 2.05) is 18.4 Å². The van der Waals surface area contributed by atoms with E-state index < -0.39 is 0 Å². The van der Waals surface area contributed by atoms with Crippen LogP contribution in [0.25, 0.3) is 0 Å². The molecule has 18 heavy (non-hydrogen) atoms. The molecule has 0 unspecified atom stereocenters. The lowest BCUT2D eigenvalue weighted by atomic mass is 10.2. The van der Waals surface area contributed by atoms with Crippen LogP contribution in [0.1, 0.15) is 25.1 Å². The summed E-state index contributed by atoms with van der Waals surface area (Å²) in [6, 6.07) is 0. The Morgan fingerprint density at radius 2 is 2.06 bits per heavy atom. The van der Waals surface area contributed by atoms with E-state index >= 15 is 0 Å². The fourth-order valence-electron chi connectivity index (χ4n) is 1.86.